The number of aromatic nitrogens is 4. The van der Waals surface area contributed by atoms with Crippen molar-refractivity contribution in [2.24, 2.45) is 0 Å². The maximum Gasteiger partial charge on any atom is 0.155 e. The maximum atomic E-state index is 5.78. The second-order valence-corrected chi connectivity index (χ2v) is 5.31. The third-order valence-corrected chi connectivity index (χ3v) is 3.36. The smallest absolute Gasteiger partial charge is 0.155 e. The van der Waals surface area contributed by atoms with Gasteiger partial charge in [-0.15, -0.1) is 0 Å². The molecule has 0 aliphatic carbocycles. The first-order valence-corrected chi connectivity index (χ1v) is 6.88. The van der Waals surface area contributed by atoms with Gasteiger partial charge in [0.2, 0.25) is 0 Å². The molecule has 1 aliphatic rings. The van der Waals surface area contributed by atoms with Crippen LogP contribution in [0.2, 0.25) is 0 Å². The third-order valence-electron chi connectivity index (χ3n) is 3.36. The molecule has 1 atom stereocenters. The summed E-state index contributed by atoms with van der Waals surface area (Å²) in [7, 11) is 0. The Morgan fingerprint density at radius 2 is 2.40 bits per heavy atom. The lowest BCUT2D eigenvalue weighted by Gasteiger charge is -2.30. The van der Waals surface area contributed by atoms with Crippen LogP contribution in [0.15, 0.2) is 16.8 Å². The number of H-pyrrole nitrogens is 1. The highest BCUT2D eigenvalue weighted by Gasteiger charge is 2.25. The normalized spacial score (nSPS) is 20.6. The fourth-order valence-electron chi connectivity index (χ4n) is 2.25. The van der Waals surface area contributed by atoms with E-state index in [4.69, 9.17) is 9.26 Å². The lowest BCUT2D eigenvalue weighted by Crippen LogP contribution is -2.38. The first-order valence-electron chi connectivity index (χ1n) is 6.88. The van der Waals surface area contributed by atoms with Gasteiger partial charge in [0.05, 0.1) is 19.3 Å². The molecule has 1 saturated heterocycles. The molecule has 7 heteroatoms. The highest BCUT2D eigenvalue weighted by Crippen LogP contribution is 2.21. The molecular weight excluding hydrogens is 258 g/mol. The molecule has 2 aromatic heterocycles. The van der Waals surface area contributed by atoms with Crippen LogP contribution in [-0.4, -0.2) is 44.9 Å². The number of morpholine rings is 1. The topological polar surface area (TPSA) is 80.1 Å². The Morgan fingerprint density at radius 3 is 3.10 bits per heavy atom. The van der Waals surface area contributed by atoms with Crippen LogP contribution < -0.4 is 0 Å². The molecule has 0 amide bonds. The highest BCUT2D eigenvalue weighted by atomic mass is 16.5. The van der Waals surface area contributed by atoms with Crippen molar-refractivity contribution >= 4 is 0 Å². The summed E-state index contributed by atoms with van der Waals surface area (Å²) in [5.74, 6) is 2.81. The van der Waals surface area contributed by atoms with Crippen LogP contribution in [0.5, 0.6) is 0 Å². The van der Waals surface area contributed by atoms with Crippen molar-refractivity contribution in [2.45, 2.75) is 32.4 Å². The molecule has 0 saturated carbocycles. The largest absolute Gasteiger partial charge is 0.368 e. The van der Waals surface area contributed by atoms with Gasteiger partial charge < -0.3 is 9.26 Å². The summed E-state index contributed by atoms with van der Waals surface area (Å²) >= 11 is 0. The lowest BCUT2D eigenvalue weighted by molar-refractivity contribution is -0.0391. The maximum absolute atomic E-state index is 5.78. The molecule has 1 aliphatic heterocycles. The van der Waals surface area contributed by atoms with Crippen LogP contribution >= 0.6 is 0 Å². The molecule has 108 valence electrons. The first kappa shape index (κ1) is 13.3. The summed E-state index contributed by atoms with van der Waals surface area (Å²) in [5, 5.41) is 10.9. The fraction of sp³-hybridized carbons (Fsp3) is 0.615. The summed E-state index contributed by atoms with van der Waals surface area (Å²) in [6, 6.07) is 1.88. The minimum atomic E-state index is -0.0633. The van der Waals surface area contributed by atoms with Gasteiger partial charge in [-0.1, -0.05) is 19.0 Å². The molecule has 7 nitrogen and oxygen atoms in total. The Hall–Kier alpha value is -1.73. The van der Waals surface area contributed by atoms with Gasteiger partial charge in [-0.25, -0.2) is 4.98 Å². The minimum Gasteiger partial charge on any atom is -0.368 e. The predicted molar refractivity (Wildman–Crippen MR) is 70.9 cm³/mol. The van der Waals surface area contributed by atoms with Crippen LogP contribution in [-0.2, 0) is 11.3 Å². The molecular formula is C13H19N5O2. The van der Waals surface area contributed by atoms with Crippen molar-refractivity contribution in [3.63, 3.8) is 0 Å². The van der Waals surface area contributed by atoms with Gasteiger partial charge in [0.15, 0.2) is 17.4 Å². The lowest BCUT2D eigenvalue weighted by atomic mass is 10.2. The third kappa shape index (κ3) is 2.88. The van der Waals surface area contributed by atoms with E-state index in [9.17, 15) is 0 Å². The summed E-state index contributed by atoms with van der Waals surface area (Å²) < 4.78 is 10.9. The van der Waals surface area contributed by atoms with E-state index in [1.54, 1.807) is 6.20 Å². The van der Waals surface area contributed by atoms with Crippen molar-refractivity contribution in [1.82, 2.24) is 25.2 Å². The summed E-state index contributed by atoms with van der Waals surface area (Å²) in [6.45, 7) is 7.22. The Kier molecular flexibility index (Phi) is 3.79. The van der Waals surface area contributed by atoms with E-state index in [0.717, 1.165) is 37.0 Å². The van der Waals surface area contributed by atoms with Crippen LogP contribution in [0.4, 0.5) is 0 Å². The number of nitrogens with one attached hydrogen (secondary N) is 1. The van der Waals surface area contributed by atoms with Crippen molar-refractivity contribution < 1.29 is 9.26 Å². The summed E-state index contributed by atoms with van der Waals surface area (Å²) in [5.41, 5.74) is 0. The molecule has 0 aromatic carbocycles. The van der Waals surface area contributed by atoms with E-state index in [-0.39, 0.29) is 6.10 Å². The minimum absolute atomic E-state index is 0.0633. The summed E-state index contributed by atoms with van der Waals surface area (Å²) in [6.07, 6.45) is 1.60. The zero-order valence-corrected chi connectivity index (χ0v) is 11.7. The molecule has 20 heavy (non-hydrogen) atoms. The number of nitrogens with zero attached hydrogens (tertiary/aromatic N) is 4. The zero-order chi connectivity index (χ0) is 13.9. The Balaban J connectivity index is 1.65. The van der Waals surface area contributed by atoms with Gasteiger partial charge in [-0.2, -0.15) is 5.10 Å². The molecule has 1 N–H and O–H groups in total. The standard InChI is InChI=1S/C13H19N5O2/c1-9(2)12-15-13(17-16-12)11-8-18(5-6-19-11)7-10-3-4-14-20-10/h3-4,9,11H,5-8H2,1-2H3,(H,15,16,17)/t11-/m0/s1. The molecule has 2 aromatic rings. The monoisotopic (exact) mass is 277 g/mol. The van der Waals surface area contributed by atoms with Crippen molar-refractivity contribution in [1.29, 1.82) is 0 Å². The van der Waals surface area contributed by atoms with E-state index >= 15 is 0 Å². The Morgan fingerprint density at radius 1 is 1.50 bits per heavy atom. The molecule has 3 heterocycles. The van der Waals surface area contributed by atoms with Crippen molar-refractivity contribution in [3.8, 4) is 0 Å². The average molecular weight is 277 g/mol. The molecule has 3 rings (SSSR count). The number of ether oxygens (including phenoxy) is 1. The SMILES string of the molecule is CC(C)c1n[nH]c([C@@H]2CN(Cc3ccno3)CCO2)n1. The highest BCUT2D eigenvalue weighted by molar-refractivity contribution is 5.00. The predicted octanol–water partition coefficient (Wildman–Crippen LogP) is 1.49. The number of aromatic amines is 1. The summed E-state index contributed by atoms with van der Waals surface area (Å²) in [4.78, 5) is 6.78. The molecule has 1 fully saturated rings. The van der Waals surface area contributed by atoms with Crippen LogP contribution in [0.25, 0.3) is 0 Å². The number of hydrogen-bond donors (Lipinski definition) is 1. The van der Waals surface area contributed by atoms with Gasteiger partial charge in [-0.05, 0) is 0 Å². The quantitative estimate of drug-likeness (QED) is 0.912. The molecule has 0 radical (unpaired) electrons. The van der Waals surface area contributed by atoms with Gasteiger partial charge in [-0.3, -0.25) is 10.00 Å². The van der Waals surface area contributed by atoms with Crippen LogP contribution in [0.1, 0.15) is 43.3 Å². The van der Waals surface area contributed by atoms with E-state index in [0.29, 0.717) is 12.5 Å². The van der Waals surface area contributed by atoms with Gasteiger partial charge in [0.25, 0.3) is 0 Å². The second-order valence-electron chi connectivity index (χ2n) is 5.31. The molecule has 0 bridgehead atoms. The molecule has 0 unspecified atom stereocenters. The Bertz CT molecular complexity index is 537. The van der Waals surface area contributed by atoms with E-state index < -0.39 is 0 Å². The van der Waals surface area contributed by atoms with Crippen molar-refractivity contribution in [3.05, 3.63) is 29.7 Å². The fourth-order valence-corrected chi connectivity index (χ4v) is 2.25. The zero-order valence-electron chi connectivity index (χ0n) is 11.7. The van der Waals surface area contributed by atoms with Gasteiger partial charge in [0.1, 0.15) is 6.10 Å². The van der Waals surface area contributed by atoms with E-state index in [1.807, 2.05) is 6.07 Å². The second kappa shape index (κ2) is 5.72. The van der Waals surface area contributed by atoms with Gasteiger partial charge in [0, 0.05) is 25.1 Å². The van der Waals surface area contributed by atoms with Gasteiger partial charge >= 0.3 is 0 Å². The molecule has 0 spiro atoms. The van der Waals surface area contributed by atoms with Crippen molar-refractivity contribution in [2.75, 3.05) is 19.7 Å². The van der Waals surface area contributed by atoms with Crippen LogP contribution in [0, 0.1) is 0 Å². The Labute approximate surface area is 117 Å². The average Bonchev–Trinajstić information content (AvgIpc) is 3.09. The number of rotatable bonds is 4. The van der Waals surface area contributed by atoms with E-state index in [1.165, 1.54) is 0 Å². The van der Waals surface area contributed by atoms with E-state index in [2.05, 4.69) is 39.1 Å². The van der Waals surface area contributed by atoms with Crippen LogP contribution in [0.3, 0.4) is 0 Å². The first-order chi connectivity index (χ1) is 9.72. The number of hydrogen-bond acceptors (Lipinski definition) is 6.